The molecule has 0 spiro atoms. The van der Waals surface area contributed by atoms with Crippen LogP contribution in [-0.2, 0) is 9.59 Å². The topological polar surface area (TPSA) is 86.8 Å². The van der Waals surface area contributed by atoms with Gasteiger partial charge in [-0.05, 0) is 42.9 Å². The van der Waals surface area contributed by atoms with Crippen LogP contribution in [0.1, 0.15) is 57.9 Å². The third kappa shape index (κ3) is 2.83. The van der Waals surface area contributed by atoms with Crippen molar-refractivity contribution >= 4 is 36.4 Å². The minimum absolute atomic E-state index is 0.122. The fourth-order valence-electron chi connectivity index (χ4n) is 3.94. The van der Waals surface area contributed by atoms with E-state index in [4.69, 9.17) is 0 Å². The van der Waals surface area contributed by atoms with Crippen molar-refractivity contribution in [2.45, 2.75) is 37.6 Å². The summed E-state index contributed by atoms with van der Waals surface area (Å²) in [5, 5.41) is 2.21. The minimum atomic E-state index is -0.920. The van der Waals surface area contributed by atoms with Crippen molar-refractivity contribution in [3.63, 3.8) is 0 Å². The molecule has 3 aliphatic heterocycles. The molecule has 1 unspecified atom stereocenters. The summed E-state index contributed by atoms with van der Waals surface area (Å²) in [5.74, 6) is -1.54. The molecule has 4 amide bonds. The Bertz CT molecular complexity index is 817. The van der Waals surface area contributed by atoms with Gasteiger partial charge < -0.3 is 0 Å². The molecule has 2 fully saturated rings. The van der Waals surface area contributed by atoms with Crippen molar-refractivity contribution in [1.82, 2.24) is 14.5 Å². The number of benzene rings is 1. The van der Waals surface area contributed by atoms with E-state index in [1.807, 2.05) is 10.4 Å². The zero-order chi connectivity index (χ0) is 18.4. The highest BCUT2D eigenvalue weighted by molar-refractivity contribution is 7.77. The van der Waals surface area contributed by atoms with Crippen LogP contribution in [0.4, 0.5) is 0 Å². The van der Waals surface area contributed by atoms with Crippen LogP contribution in [0.15, 0.2) is 18.2 Å². The normalized spacial score (nSPS) is 24.8. The van der Waals surface area contributed by atoms with E-state index in [0.717, 1.165) is 36.4 Å². The SMILES string of the molecule is O=C1CCC(N2C(=O)c3ccc(C4CCN(S)CC4)cc3C2=O)C(=O)N1. The minimum Gasteiger partial charge on any atom is -0.295 e. The molecular formula is C18H19N3O4S. The average molecular weight is 373 g/mol. The van der Waals surface area contributed by atoms with Gasteiger partial charge in [0.15, 0.2) is 0 Å². The van der Waals surface area contributed by atoms with Gasteiger partial charge in [0.05, 0.1) is 11.1 Å². The Morgan fingerprint density at radius 3 is 2.35 bits per heavy atom. The Morgan fingerprint density at radius 2 is 1.65 bits per heavy atom. The molecule has 7 nitrogen and oxygen atoms in total. The van der Waals surface area contributed by atoms with E-state index in [9.17, 15) is 19.2 Å². The summed E-state index contributed by atoms with van der Waals surface area (Å²) in [4.78, 5) is 50.0. The van der Waals surface area contributed by atoms with Gasteiger partial charge in [-0.25, -0.2) is 0 Å². The van der Waals surface area contributed by atoms with Gasteiger partial charge in [-0.15, -0.1) is 0 Å². The smallest absolute Gasteiger partial charge is 0.262 e. The number of hydrogen-bond acceptors (Lipinski definition) is 6. The van der Waals surface area contributed by atoms with Crippen molar-refractivity contribution in [2.24, 2.45) is 0 Å². The van der Waals surface area contributed by atoms with Crippen LogP contribution in [0.5, 0.6) is 0 Å². The van der Waals surface area contributed by atoms with Crippen molar-refractivity contribution in [1.29, 1.82) is 0 Å². The molecule has 1 atom stereocenters. The largest absolute Gasteiger partial charge is 0.295 e. The van der Waals surface area contributed by atoms with Crippen molar-refractivity contribution in [3.8, 4) is 0 Å². The first-order valence-electron chi connectivity index (χ1n) is 8.75. The van der Waals surface area contributed by atoms with Crippen LogP contribution in [0.2, 0.25) is 0 Å². The summed E-state index contributed by atoms with van der Waals surface area (Å²) in [5.41, 5.74) is 1.72. The molecule has 3 aliphatic rings. The van der Waals surface area contributed by atoms with Gasteiger partial charge in [0.2, 0.25) is 11.8 Å². The maximum Gasteiger partial charge on any atom is 0.262 e. The van der Waals surface area contributed by atoms with Gasteiger partial charge in [-0.2, -0.15) is 0 Å². The number of carbonyl (C=O) groups is 4. The maximum absolute atomic E-state index is 12.8. The van der Waals surface area contributed by atoms with Gasteiger partial charge in [-0.1, -0.05) is 18.9 Å². The lowest BCUT2D eigenvalue weighted by Gasteiger charge is -2.28. The molecule has 8 heteroatoms. The number of hydrogen-bond donors (Lipinski definition) is 2. The number of imide groups is 2. The number of nitrogens with zero attached hydrogens (tertiary/aromatic N) is 2. The lowest BCUT2D eigenvalue weighted by molar-refractivity contribution is -0.136. The van der Waals surface area contributed by atoms with Crippen molar-refractivity contribution in [2.75, 3.05) is 13.1 Å². The Hall–Kier alpha value is -2.19. The van der Waals surface area contributed by atoms with Gasteiger partial charge >= 0.3 is 0 Å². The lowest BCUT2D eigenvalue weighted by Crippen LogP contribution is -2.54. The summed E-state index contributed by atoms with van der Waals surface area (Å²) in [6, 6.07) is 4.46. The Balaban J connectivity index is 1.60. The molecular weight excluding hydrogens is 354 g/mol. The number of carbonyl (C=O) groups excluding carboxylic acids is 4. The molecule has 0 radical (unpaired) electrons. The van der Waals surface area contributed by atoms with Gasteiger partial charge in [0, 0.05) is 19.5 Å². The Morgan fingerprint density at radius 1 is 0.962 bits per heavy atom. The molecule has 1 N–H and O–H groups in total. The summed E-state index contributed by atoms with van der Waals surface area (Å²) < 4.78 is 1.98. The third-order valence-corrected chi connectivity index (χ3v) is 5.81. The van der Waals surface area contributed by atoms with E-state index in [1.165, 1.54) is 0 Å². The van der Waals surface area contributed by atoms with E-state index >= 15 is 0 Å². The molecule has 4 rings (SSSR count). The number of fused-ring (bicyclic) bond motifs is 1. The molecule has 0 aliphatic carbocycles. The van der Waals surface area contributed by atoms with Crippen LogP contribution in [-0.4, -0.2) is 52.0 Å². The van der Waals surface area contributed by atoms with Gasteiger partial charge in [0.1, 0.15) is 6.04 Å². The van der Waals surface area contributed by atoms with Crippen molar-refractivity contribution in [3.05, 3.63) is 34.9 Å². The average Bonchev–Trinajstić information content (AvgIpc) is 2.87. The quantitative estimate of drug-likeness (QED) is 0.599. The summed E-state index contributed by atoms with van der Waals surface area (Å²) in [7, 11) is 0. The van der Waals surface area contributed by atoms with Crippen LogP contribution >= 0.6 is 12.8 Å². The molecule has 3 heterocycles. The third-order valence-electron chi connectivity index (χ3n) is 5.41. The van der Waals surface area contributed by atoms with E-state index in [-0.39, 0.29) is 18.7 Å². The zero-order valence-electron chi connectivity index (χ0n) is 14.1. The monoisotopic (exact) mass is 373 g/mol. The zero-order valence-corrected chi connectivity index (χ0v) is 15.0. The van der Waals surface area contributed by atoms with E-state index in [2.05, 4.69) is 18.1 Å². The second kappa shape index (κ2) is 6.51. The first-order valence-corrected chi connectivity index (χ1v) is 9.15. The molecule has 1 aromatic rings. The van der Waals surface area contributed by atoms with E-state index in [0.29, 0.717) is 17.0 Å². The predicted octanol–water partition coefficient (Wildman–Crippen LogP) is 1.11. The number of rotatable bonds is 2. The van der Waals surface area contributed by atoms with Crippen LogP contribution in [0.25, 0.3) is 0 Å². The number of nitrogens with one attached hydrogen (secondary N) is 1. The number of amides is 4. The van der Waals surface area contributed by atoms with Crippen LogP contribution < -0.4 is 5.32 Å². The maximum atomic E-state index is 12.8. The van der Waals surface area contributed by atoms with Crippen molar-refractivity contribution < 1.29 is 19.2 Å². The lowest BCUT2D eigenvalue weighted by atomic mass is 9.88. The highest BCUT2D eigenvalue weighted by Gasteiger charge is 2.44. The fraction of sp³-hybridized carbons (Fsp3) is 0.444. The van der Waals surface area contributed by atoms with E-state index < -0.39 is 23.8 Å². The predicted molar refractivity (Wildman–Crippen MR) is 95.6 cm³/mol. The first-order chi connectivity index (χ1) is 12.5. The summed E-state index contributed by atoms with van der Waals surface area (Å²) >= 11 is 4.36. The molecule has 1 aromatic carbocycles. The first kappa shape index (κ1) is 17.2. The second-order valence-electron chi connectivity index (χ2n) is 6.98. The summed E-state index contributed by atoms with van der Waals surface area (Å²) in [6.07, 6.45) is 2.18. The Kier molecular flexibility index (Phi) is 4.32. The number of piperidine rings is 2. The Labute approximate surface area is 156 Å². The molecule has 0 saturated carbocycles. The van der Waals surface area contributed by atoms with Gasteiger partial charge in [-0.3, -0.25) is 33.7 Å². The molecule has 136 valence electrons. The fourth-order valence-corrected chi connectivity index (χ4v) is 4.17. The molecule has 0 bridgehead atoms. The highest BCUT2D eigenvalue weighted by atomic mass is 32.1. The highest BCUT2D eigenvalue weighted by Crippen LogP contribution is 2.33. The molecule has 26 heavy (non-hydrogen) atoms. The number of thiol groups is 1. The molecule has 0 aromatic heterocycles. The van der Waals surface area contributed by atoms with Crippen LogP contribution in [0.3, 0.4) is 0 Å². The van der Waals surface area contributed by atoms with E-state index in [1.54, 1.807) is 12.1 Å². The van der Waals surface area contributed by atoms with Crippen LogP contribution in [0, 0.1) is 0 Å². The standard InChI is InChI=1S/C18H19N3O4S/c22-15-4-3-14(16(23)19-15)21-17(24)12-2-1-11(9-13(12)18(21)25)10-5-7-20(26)8-6-10/h1-2,9-10,14,26H,3-8H2,(H,19,22,23). The second-order valence-corrected chi connectivity index (χ2v) is 7.55. The summed E-state index contributed by atoms with van der Waals surface area (Å²) in [6.45, 7) is 1.75. The van der Waals surface area contributed by atoms with Gasteiger partial charge in [0.25, 0.3) is 11.8 Å². The molecule has 2 saturated heterocycles.